The van der Waals surface area contributed by atoms with Crippen LogP contribution in [0.15, 0.2) is 41.2 Å². The summed E-state index contributed by atoms with van der Waals surface area (Å²) in [6.07, 6.45) is 0. The van der Waals surface area contributed by atoms with Crippen LogP contribution in [0.2, 0.25) is 10.0 Å². The van der Waals surface area contributed by atoms with Crippen LogP contribution in [-0.4, -0.2) is 20.4 Å². The zero-order valence-electron chi connectivity index (χ0n) is 12.2. The molecule has 3 rings (SSSR count). The smallest absolute Gasteiger partial charge is 0.282 e. The first-order valence-electron chi connectivity index (χ1n) is 6.73. The maximum atomic E-state index is 12.7. The molecule has 10 heteroatoms. The summed E-state index contributed by atoms with van der Waals surface area (Å²) >= 11 is 17.0. The molecule has 25 heavy (non-hydrogen) atoms. The van der Waals surface area contributed by atoms with Crippen LogP contribution in [-0.2, 0) is 0 Å². The molecule has 7 nitrogen and oxygen atoms in total. The highest BCUT2D eigenvalue weighted by Crippen LogP contribution is 2.25. The largest absolute Gasteiger partial charge is 0.330 e. The number of nitrogens with one attached hydrogen (secondary N) is 1. The van der Waals surface area contributed by atoms with Gasteiger partial charge in [-0.1, -0.05) is 35.3 Å². The van der Waals surface area contributed by atoms with Crippen LogP contribution in [0.5, 0.6) is 0 Å². The molecule has 0 atom stereocenters. The second-order valence-corrected chi connectivity index (χ2v) is 6.19. The van der Waals surface area contributed by atoms with E-state index in [4.69, 9.17) is 35.4 Å². The van der Waals surface area contributed by atoms with E-state index < -0.39 is 22.1 Å². The molecule has 1 N–H and O–H groups in total. The Morgan fingerprint density at radius 2 is 1.92 bits per heavy atom. The number of carbonyl (C=O) groups is 1. The summed E-state index contributed by atoms with van der Waals surface area (Å²) in [6, 6.07) is 8.03. The predicted molar refractivity (Wildman–Crippen MR) is 96.2 cm³/mol. The first-order valence-corrected chi connectivity index (χ1v) is 7.90. The number of nitro groups is 1. The van der Waals surface area contributed by atoms with Gasteiger partial charge in [0.25, 0.3) is 17.2 Å². The highest BCUT2D eigenvalue weighted by atomic mass is 35.5. The van der Waals surface area contributed by atoms with Gasteiger partial charge in [0.2, 0.25) is 0 Å². The number of carbonyl (C=O) groups excluding carboxylic acids is 1. The van der Waals surface area contributed by atoms with Crippen LogP contribution in [0.3, 0.4) is 0 Å². The molecule has 1 heterocycles. The molecule has 0 radical (unpaired) electrons. The summed E-state index contributed by atoms with van der Waals surface area (Å²) in [5, 5.41) is 11.5. The van der Waals surface area contributed by atoms with Gasteiger partial charge in [-0.2, -0.15) is 0 Å². The molecule has 0 unspecified atom stereocenters. The fourth-order valence-corrected chi connectivity index (χ4v) is 3.17. The van der Waals surface area contributed by atoms with Crippen molar-refractivity contribution in [1.29, 1.82) is 0 Å². The Morgan fingerprint density at radius 3 is 2.60 bits per heavy atom. The van der Waals surface area contributed by atoms with E-state index in [1.165, 1.54) is 36.4 Å². The lowest BCUT2D eigenvalue weighted by molar-refractivity contribution is -0.385. The number of hydrogen-bond acceptors (Lipinski definition) is 5. The van der Waals surface area contributed by atoms with Gasteiger partial charge in [0.15, 0.2) is 4.77 Å². The minimum absolute atomic E-state index is 0.0398. The van der Waals surface area contributed by atoms with Gasteiger partial charge in [0, 0.05) is 11.1 Å². The zero-order valence-corrected chi connectivity index (χ0v) is 14.5. The zero-order chi connectivity index (χ0) is 18.3. The van der Waals surface area contributed by atoms with Crippen molar-refractivity contribution in [2.45, 2.75) is 0 Å². The van der Waals surface area contributed by atoms with Gasteiger partial charge in [-0.25, -0.2) is 4.57 Å². The van der Waals surface area contributed by atoms with E-state index in [1.807, 2.05) is 0 Å². The normalized spacial score (nSPS) is 10.8. The summed E-state index contributed by atoms with van der Waals surface area (Å²) in [4.78, 5) is 38.6. The number of nitrogens with zero attached hydrogens (tertiary/aromatic N) is 2. The van der Waals surface area contributed by atoms with Gasteiger partial charge in [0.05, 0.1) is 20.8 Å². The van der Waals surface area contributed by atoms with Crippen molar-refractivity contribution in [1.82, 2.24) is 9.55 Å². The van der Waals surface area contributed by atoms with Gasteiger partial charge >= 0.3 is 0 Å². The van der Waals surface area contributed by atoms with E-state index in [2.05, 4.69) is 4.98 Å². The molecule has 0 aliphatic carbocycles. The van der Waals surface area contributed by atoms with E-state index >= 15 is 0 Å². The monoisotopic (exact) mass is 395 g/mol. The number of H-pyrrole nitrogens is 1. The first-order chi connectivity index (χ1) is 11.8. The summed E-state index contributed by atoms with van der Waals surface area (Å²) in [5.41, 5.74) is -1.24. The fourth-order valence-electron chi connectivity index (χ4n) is 2.36. The molecule has 0 fully saturated rings. The molecule has 0 saturated heterocycles. The van der Waals surface area contributed by atoms with Crippen LogP contribution in [0, 0.1) is 14.9 Å². The summed E-state index contributed by atoms with van der Waals surface area (Å²) in [6.45, 7) is 0. The minimum atomic E-state index is -0.920. The lowest BCUT2D eigenvalue weighted by atomic mass is 10.1. The number of aromatic nitrogens is 2. The third kappa shape index (κ3) is 2.95. The lowest BCUT2D eigenvalue weighted by Crippen LogP contribution is -2.29. The Kier molecular flexibility index (Phi) is 4.42. The van der Waals surface area contributed by atoms with Crippen molar-refractivity contribution in [2.24, 2.45) is 0 Å². The van der Waals surface area contributed by atoms with E-state index in [-0.39, 0.29) is 31.3 Å². The topological polar surface area (TPSA) is 98.0 Å². The SMILES string of the molecule is O=C(c1ccccc1[N+](=O)[O-])n1c(=S)[nH]c2c(Cl)cc(Cl)cc2c1=O. The second kappa shape index (κ2) is 6.40. The van der Waals surface area contributed by atoms with Crippen molar-refractivity contribution in [3.8, 4) is 0 Å². The van der Waals surface area contributed by atoms with Gasteiger partial charge in [-0.3, -0.25) is 19.7 Å². The molecule has 0 saturated carbocycles. The number of aromatic amines is 1. The number of halogens is 2. The minimum Gasteiger partial charge on any atom is -0.330 e. The summed E-state index contributed by atoms with van der Waals surface area (Å²) in [7, 11) is 0. The summed E-state index contributed by atoms with van der Waals surface area (Å²) < 4.78 is 0.414. The van der Waals surface area contributed by atoms with Crippen molar-refractivity contribution >= 4 is 57.9 Å². The lowest BCUT2D eigenvalue weighted by Gasteiger charge is -2.08. The van der Waals surface area contributed by atoms with Crippen LogP contribution in [0.1, 0.15) is 10.4 Å². The Balaban J connectivity index is 2.34. The number of hydrogen-bond donors (Lipinski definition) is 1. The molecular weight excluding hydrogens is 389 g/mol. The van der Waals surface area contributed by atoms with Crippen LogP contribution in [0.4, 0.5) is 5.69 Å². The van der Waals surface area contributed by atoms with Crippen molar-refractivity contribution in [2.75, 3.05) is 0 Å². The average molecular weight is 396 g/mol. The number of rotatable bonds is 2. The maximum absolute atomic E-state index is 12.7. The maximum Gasteiger partial charge on any atom is 0.282 e. The molecule has 2 aromatic carbocycles. The molecule has 0 spiro atoms. The standard InChI is InChI=1S/C15H7Cl2N3O4S/c16-7-5-9-12(10(17)6-7)18-15(25)19(14(9)22)13(21)8-3-1-2-4-11(8)20(23)24/h1-6H,(H,18,25). The molecular formula is C15H7Cl2N3O4S. The number of nitro benzene ring substituents is 1. The van der Waals surface area contributed by atoms with Gasteiger partial charge in [-0.05, 0) is 30.4 Å². The molecule has 0 aliphatic heterocycles. The third-order valence-corrected chi connectivity index (χ3v) is 4.26. The van der Waals surface area contributed by atoms with Gasteiger partial charge in [-0.15, -0.1) is 0 Å². The van der Waals surface area contributed by atoms with Crippen LogP contribution in [0.25, 0.3) is 10.9 Å². The highest BCUT2D eigenvalue weighted by molar-refractivity contribution is 7.71. The average Bonchev–Trinajstić information content (AvgIpc) is 2.56. The molecule has 3 aromatic rings. The van der Waals surface area contributed by atoms with E-state index in [1.54, 1.807) is 0 Å². The number of fused-ring (bicyclic) bond motifs is 1. The van der Waals surface area contributed by atoms with Gasteiger partial charge in [0.1, 0.15) is 5.56 Å². The number of para-hydroxylation sites is 1. The van der Waals surface area contributed by atoms with E-state index in [0.29, 0.717) is 4.57 Å². The Bertz CT molecular complexity index is 1170. The predicted octanol–water partition coefficient (Wildman–Crippen LogP) is 3.96. The number of benzene rings is 2. The Morgan fingerprint density at radius 1 is 1.24 bits per heavy atom. The molecule has 1 aromatic heterocycles. The summed E-state index contributed by atoms with van der Waals surface area (Å²) in [5.74, 6) is -0.920. The molecule has 126 valence electrons. The third-order valence-electron chi connectivity index (χ3n) is 3.46. The highest BCUT2D eigenvalue weighted by Gasteiger charge is 2.23. The molecule has 0 aliphatic rings. The van der Waals surface area contributed by atoms with Gasteiger partial charge < -0.3 is 4.98 Å². The fraction of sp³-hybridized carbons (Fsp3) is 0. The first kappa shape index (κ1) is 17.3. The second-order valence-electron chi connectivity index (χ2n) is 4.96. The van der Waals surface area contributed by atoms with E-state index in [0.717, 1.165) is 0 Å². The van der Waals surface area contributed by atoms with Crippen molar-refractivity contribution in [3.63, 3.8) is 0 Å². The quantitative estimate of drug-likeness (QED) is 0.402. The van der Waals surface area contributed by atoms with Crippen LogP contribution < -0.4 is 5.56 Å². The van der Waals surface area contributed by atoms with Crippen molar-refractivity contribution < 1.29 is 9.72 Å². The molecule has 0 amide bonds. The van der Waals surface area contributed by atoms with E-state index in [9.17, 15) is 19.7 Å². The van der Waals surface area contributed by atoms with Crippen LogP contribution >= 0.6 is 35.4 Å². The Labute approximate surface area is 154 Å². The molecule has 0 bridgehead atoms. The Hall–Kier alpha value is -2.55. The van der Waals surface area contributed by atoms with Crippen molar-refractivity contribution in [3.05, 3.63) is 77.2 Å².